The van der Waals surface area contributed by atoms with Gasteiger partial charge in [0.05, 0.1) is 15.4 Å². The maximum absolute atomic E-state index is 13.5. The van der Waals surface area contributed by atoms with E-state index in [4.69, 9.17) is 4.74 Å². The minimum atomic E-state index is -4.64. The fourth-order valence-corrected chi connectivity index (χ4v) is 7.63. The molecule has 0 radical (unpaired) electrons. The second-order valence-electron chi connectivity index (χ2n) is 12.9. The summed E-state index contributed by atoms with van der Waals surface area (Å²) in [6, 6.07) is 17.9. The van der Waals surface area contributed by atoms with E-state index in [9.17, 15) is 28.1 Å². The Morgan fingerprint density at radius 3 is 2.42 bits per heavy atom. The van der Waals surface area contributed by atoms with Crippen molar-refractivity contribution in [3.05, 3.63) is 88.0 Å². The average molecular weight is 696 g/mol. The van der Waals surface area contributed by atoms with Gasteiger partial charge in [-0.15, -0.1) is 11.8 Å². The van der Waals surface area contributed by atoms with Crippen LogP contribution in [0.25, 0.3) is 0 Å². The third-order valence-corrected chi connectivity index (χ3v) is 11.2. The van der Waals surface area contributed by atoms with Crippen LogP contribution in [0, 0.1) is 15.5 Å². The number of nitrogens with one attached hydrogen (secondary N) is 2. The molecule has 3 aromatic carbocycles. The Hall–Kier alpha value is -4.14. The maximum Gasteiger partial charge on any atom is 0.340 e. The topological polar surface area (TPSA) is 151 Å². The number of nitrogens with zero attached hydrogens (tertiary/aromatic N) is 3. The van der Waals surface area contributed by atoms with Gasteiger partial charge in [0.25, 0.3) is 21.6 Å². The Kier molecular flexibility index (Phi) is 11.0. The fourth-order valence-electron chi connectivity index (χ4n) is 5.62. The highest BCUT2D eigenvalue weighted by molar-refractivity contribution is 7.99. The van der Waals surface area contributed by atoms with Crippen molar-refractivity contribution in [2.75, 3.05) is 55.8 Å². The predicted octanol–water partition coefficient (Wildman–Crippen LogP) is 5.41. The number of sulfonamides is 1. The fraction of sp³-hybridized carbons (Fsp3) is 0.412. The highest BCUT2D eigenvalue weighted by Crippen LogP contribution is 2.35. The largest absolute Gasteiger partial charge is 0.461 e. The molecule has 0 saturated carbocycles. The highest BCUT2D eigenvalue weighted by atomic mass is 32.2. The summed E-state index contributed by atoms with van der Waals surface area (Å²) in [6.45, 7) is 7.29. The van der Waals surface area contributed by atoms with Crippen LogP contribution in [0.5, 0.6) is 0 Å². The molecule has 1 amide bonds. The summed E-state index contributed by atoms with van der Waals surface area (Å²) >= 11 is 1.56. The zero-order chi connectivity index (χ0) is 34.5. The standard InChI is InChI=1S/C34H41N5O7S2/c1-34(2)14-17-38(18-15-34)26-11-9-24(10-12-26)32(40)36-48(44,45)28-21-29-31(30(22-28)39(42)43)35-25(23-47-27-7-5-4-6-8-27)13-16-37(3)19-20-46-33(29)41/h4-12,21-22,25,35H,13-20,23H2,1-3H3,(H,36,40)/t25-/m1/s1. The first kappa shape index (κ1) is 35.2. The molecule has 0 spiro atoms. The number of anilines is 2. The summed E-state index contributed by atoms with van der Waals surface area (Å²) in [5, 5.41) is 15.5. The molecule has 0 bridgehead atoms. The van der Waals surface area contributed by atoms with Crippen molar-refractivity contribution in [2.45, 2.75) is 48.9 Å². The number of rotatable bonds is 8. The Labute approximate surface area is 285 Å². The predicted molar refractivity (Wildman–Crippen MR) is 186 cm³/mol. The van der Waals surface area contributed by atoms with Crippen molar-refractivity contribution in [2.24, 2.45) is 5.41 Å². The lowest BCUT2D eigenvalue weighted by atomic mass is 9.82. The van der Waals surface area contributed by atoms with E-state index in [1.54, 1.807) is 36.0 Å². The molecule has 5 rings (SSSR count). The zero-order valence-electron chi connectivity index (χ0n) is 27.3. The van der Waals surface area contributed by atoms with Crippen LogP contribution in [-0.4, -0.2) is 81.7 Å². The second kappa shape index (κ2) is 15.0. The van der Waals surface area contributed by atoms with Crippen LogP contribution in [0.2, 0.25) is 0 Å². The van der Waals surface area contributed by atoms with Gasteiger partial charge in [-0.1, -0.05) is 32.0 Å². The van der Waals surface area contributed by atoms with E-state index in [-0.39, 0.29) is 34.9 Å². The van der Waals surface area contributed by atoms with Gasteiger partial charge in [0.1, 0.15) is 12.3 Å². The van der Waals surface area contributed by atoms with E-state index >= 15 is 0 Å². The zero-order valence-corrected chi connectivity index (χ0v) is 28.9. The van der Waals surface area contributed by atoms with Gasteiger partial charge >= 0.3 is 5.97 Å². The van der Waals surface area contributed by atoms with Crippen molar-refractivity contribution >= 4 is 50.7 Å². The lowest BCUT2D eigenvalue weighted by Gasteiger charge is -2.38. The van der Waals surface area contributed by atoms with Crippen LogP contribution < -0.4 is 14.9 Å². The molecule has 12 nitrogen and oxygen atoms in total. The number of hydrogen-bond acceptors (Lipinski definition) is 11. The monoisotopic (exact) mass is 695 g/mol. The second-order valence-corrected chi connectivity index (χ2v) is 15.7. The summed E-state index contributed by atoms with van der Waals surface area (Å²) in [5.74, 6) is -1.29. The van der Waals surface area contributed by atoms with Crippen molar-refractivity contribution in [1.82, 2.24) is 9.62 Å². The number of piperidine rings is 1. The number of amides is 1. The van der Waals surface area contributed by atoms with Crippen LogP contribution in [0.15, 0.2) is 76.5 Å². The molecule has 1 atom stereocenters. The third-order valence-electron chi connectivity index (χ3n) is 8.76. The first-order valence-electron chi connectivity index (χ1n) is 15.9. The SMILES string of the molecule is CN1CCOC(=O)c2cc(S(=O)(=O)NC(=O)c3ccc(N4CCC(C)(C)CC4)cc3)cc([N+](=O)[O-])c2N[C@@H](CSc2ccccc2)CC1. The van der Waals surface area contributed by atoms with E-state index < -0.39 is 37.4 Å². The van der Waals surface area contributed by atoms with Gasteiger partial charge in [0.2, 0.25) is 0 Å². The number of carbonyl (C=O) groups excluding carboxylic acids is 2. The normalized spacial score (nSPS) is 18.9. The molecule has 3 aromatic rings. The Morgan fingerprint density at radius 2 is 1.75 bits per heavy atom. The molecular formula is C34H41N5O7S2. The number of fused-ring (bicyclic) bond motifs is 1. The van der Waals surface area contributed by atoms with E-state index in [1.165, 1.54) is 0 Å². The molecule has 48 heavy (non-hydrogen) atoms. The van der Waals surface area contributed by atoms with Gasteiger partial charge < -0.3 is 19.9 Å². The van der Waals surface area contributed by atoms with Crippen LogP contribution in [0.3, 0.4) is 0 Å². The van der Waals surface area contributed by atoms with Crippen LogP contribution in [0.4, 0.5) is 17.1 Å². The number of esters is 1. The Morgan fingerprint density at radius 1 is 1.06 bits per heavy atom. The van der Waals surface area contributed by atoms with E-state index in [2.05, 4.69) is 24.1 Å². The molecule has 1 saturated heterocycles. The van der Waals surface area contributed by atoms with Crippen molar-refractivity contribution in [3.8, 4) is 0 Å². The molecule has 0 unspecified atom stereocenters. The lowest BCUT2D eigenvalue weighted by molar-refractivity contribution is -0.384. The molecule has 0 aliphatic carbocycles. The van der Waals surface area contributed by atoms with Crippen LogP contribution in [-0.2, 0) is 14.8 Å². The maximum atomic E-state index is 13.5. The first-order chi connectivity index (χ1) is 22.8. The number of cyclic esters (lactones) is 1. The number of thioether (sulfide) groups is 1. The highest BCUT2D eigenvalue weighted by Gasteiger charge is 2.32. The summed E-state index contributed by atoms with van der Waals surface area (Å²) in [6.07, 6.45) is 2.66. The van der Waals surface area contributed by atoms with Gasteiger partial charge in [-0.05, 0) is 80.7 Å². The summed E-state index contributed by atoms with van der Waals surface area (Å²) in [7, 11) is -2.75. The van der Waals surface area contributed by atoms with Crippen molar-refractivity contribution in [1.29, 1.82) is 0 Å². The molecule has 256 valence electrons. The number of hydrogen-bond donors (Lipinski definition) is 2. The van der Waals surface area contributed by atoms with Crippen molar-refractivity contribution in [3.63, 3.8) is 0 Å². The van der Waals surface area contributed by atoms with Crippen LogP contribution >= 0.6 is 11.8 Å². The van der Waals surface area contributed by atoms with Gasteiger partial charge in [-0.25, -0.2) is 17.9 Å². The first-order valence-corrected chi connectivity index (χ1v) is 18.3. The molecule has 0 aromatic heterocycles. The Bertz CT molecular complexity index is 1740. The number of ether oxygens (including phenoxy) is 1. The van der Waals surface area contributed by atoms with Crippen LogP contribution in [0.1, 0.15) is 53.8 Å². The van der Waals surface area contributed by atoms with Gasteiger partial charge in [0, 0.05) is 53.6 Å². The molecular weight excluding hydrogens is 655 g/mol. The molecule has 2 heterocycles. The number of likely N-dealkylation sites (N-methyl/N-ethyl adjacent to an activating group) is 1. The lowest BCUT2D eigenvalue weighted by Crippen LogP contribution is -2.37. The van der Waals surface area contributed by atoms with Gasteiger partial charge in [-0.3, -0.25) is 14.9 Å². The Balaban J connectivity index is 1.41. The number of carbonyl (C=O) groups is 2. The number of nitro groups is 1. The third kappa shape index (κ3) is 8.85. The minimum Gasteiger partial charge on any atom is -0.461 e. The van der Waals surface area contributed by atoms with Gasteiger partial charge in [-0.2, -0.15) is 0 Å². The molecule has 1 fully saturated rings. The molecule has 14 heteroatoms. The number of benzene rings is 3. The molecule has 2 aliphatic rings. The van der Waals surface area contributed by atoms with E-state index in [0.29, 0.717) is 25.3 Å². The number of nitro benzene ring substituents is 1. The van der Waals surface area contributed by atoms with Crippen molar-refractivity contribution < 1.29 is 27.7 Å². The molecule has 2 N–H and O–H groups in total. The van der Waals surface area contributed by atoms with E-state index in [1.807, 2.05) is 47.0 Å². The summed E-state index contributed by atoms with van der Waals surface area (Å²) in [5.41, 5.74) is 0.268. The van der Waals surface area contributed by atoms with Gasteiger partial charge in [0.15, 0.2) is 0 Å². The minimum absolute atomic E-state index is 0.00486. The average Bonchev–Trinajstić information content (AvgIpc) is 3.08. The smallest absolute Gasteiger partial charge is 0.340 e. The van der Waals surface area contributed by atoms with E-state index in [0.717, 1.165) is 48.6 Å². The summed E-state index contributed by atoms with van der Waals surface area (Å²) < 4.78 is 34.5. The molecule has 2 aliphatic heterocycles. The quantitative estimate of drug-likeness (QED) is 0.135. The summed E-state index contributed by atoms with van der Waals surface area (Å²) in [4.78, 5) is 42.7.